The standard InChI is InChI=1S/C21H26F2N4O2/c1-14(2)11-19(28)27-13-16-6-4-3-5-15(16)12-17(27)20(29)25-8-7-18-24-9-10-26(18)21(22)23/h3-6,9-10,14,17,21H,7-8,11-13H2,1-2H3,(H,25,29). The van der Waals surface area contributed by atoms with Crippen LogP contribution < -0.4 is 5.32 Å². The van der Waals surface area contributed by atoms with Gasteiger partial charge in [0.05, 0.1) is 0 Å². The molecule has 1 aliphatic heterocycles. The number of imidazole rings is 1. The molecular weight excluding hydrogens is 378 g/mol. The van der Waals surface area contributed by atoms with Gasteiger partial charge in [-0.3, -0.25) is 14.2 Å². The van der Waals surface area contributed by atoms with Gasteiger partial charge in [0.1, 0.15) is 11.9 Å². The van der Waals surface area contributed by atoms with Crippen LogP contribution in [0.5, 0.6) is 0 Å². The maximum atomic E-state index is 12.9. The third-order valence-electron chi connectivity index (χ3n) is 5.06. The van der Waals surface area contributed by atoms with Crippen molar-refractivity contribution >= 4 is 11.8 Å². The molecule has 0 fully saturated rings. The Bertz CT molecular complexity index is 866. The topological polar surface area (TPSA) is 67.2 Å². The zero-order chi connectivity index (χ0) is 21.0. The maximum absolute atomic E-state index is 12.9. The quantitative estimate of drug-likeness (QED) is 0.772. The second-order valence-corrected chi connectivity index (χ2v) is 7.68. The number of fused-ring (bicyclic) bond motifs is 1. The zero-order valence-electron chi connectivity index (χ0n) is 16.6. The molecule has 1 aromatic heterocycles. The fourth-order valence-electron chi connectivity index (χ4n) is 3.62. The summed E-state index contributed by atoms with van der Waals surface area (Å²) in [7, 11) is 0. The van der Waals surface area contributed by atoms with Gasteiger partial charge in [-0.2, -0.15) is 8.78 Å². The van der Waals surface area contributed by atoms with Crippen molar-refractivity contribution in [3.8, 4) is 0 Å². The summed E-state index contributed by atoms with van der Waals surface area (Å²) in [6, 6.07) is 7.19. The molecule has 0 saturated carbocycles. The van der Waals surface area contributed by atoms with Crippen molar-refractivity contribution in [1.82, 2.24) is 19.8 Å². The van der Waals surface area contributed by atoms with Gasteiger partial charge in [0.25, 0.3) is 0 Å². The Morgan fingerprint density at radius 2 is 1.97 bits per heavy atom. The summed E-state index contributed by atoms with van der Waals surface area (Å²) in [4.78, 5) is 31.2. The van der Waals surface area contributed by atoms with E-state index < -0.39 is 12.6 Å². The number of alkyl halides is 2. The molecule has 156 valence electrons. The van der Waals surface area contributed by atoms with E-state index >= 15 is 0 Å². The number of nitrogens with zero attached hydrogens (tertiary/aromatic N) is 3. The molecule has 1 N–H and O–H groups in total. The lowest BCUT2D eigenvalue weighted by Crippen LogP contribution is -2.53. The van der Waals surface area contributed by atoms with Crippen molar-refractivity contribution < 1.29 is 18.4 Å². The van der Waals surface area contributed by atoms with Crippen molar-refractivity contribution in [2.75, 3.05) is 6.54 Å². The minimum Gasteiger partial charge on any atom is -0.354 e. The molecule has 2 aromatic rings. The molecule has 0 bridgehead atoms. The first-order valence-corrected chi connectivity index (χ1v) is 9.80. The largest absolute Gasteiger partial charge is 0.354 e. The minimum atomic E-state index is -2.66. The summed E-state index contributed by atoms with van der Waals surface area (Å²) in [6.45, 7) is 1.84. The minimum absolute atomic E-state index is 0.0529. The molecule has 0 aliphatic carbocycles. The Morgan fingerprint density at radius 3 is 2.66 bits per heavy atom. The van der Waals surface area contributed by atoms with Crippen LogP contribution in [0.3, 0.4) is 0 Å². The first-order valence-electron chi connectivity index (χ1n) is 9.80. The van der Waals surface area contributed by atoms with Crippen LogP contribution in [0.1, 0.15) is 43.8 Å². The number of hydrogen-bond acceptors (Lipinski definition) is 3. The molecule has 8 heteroatoms. The van der Waals surface area contributed by atoms with E-state index in [1.54, 1.807) is 4.90 Å². The van der Waals surface area contributed by atoms with Crippen LogP contribution in [-0.2, 0) is 29.0 Å². The Kier molecular flexibility index (Phi) is 6.61. The van der Waals surface area contributed by atoms with E-state index in [-0.39, 0.29) is 36.5 Å². The predicted molar refractivity (Wildman–Crippen MR) is 104 cm³/mol. The monoisotopic (exact) mass is 404 g/mol. The van der Waals surface area contributed by atoms with Crippen LogP contribution in [0, 0.1) is 5.92 Å². The lowest BCUT2D eigenvalue weighted by molar-refractivity contribution is -0.142. The molecule has 0 radical (unpaired) electrons. The highest BCUT2D eigenvalue weighted by Gasteiger charge is 2.34. The molecular formula is C21H26F2N4O2. The fraction of sp³-hybridized carbons (Fsp3) is 0.476. The fourth-order valence-corrected chi connectivity index (χ4v) is 3.62. The van der Waals surface area contributed by atoms with Gasteiger partial charge in [-0.05, 0) is 17.0 Å². The first-order chi connectivity index (χ1) is 13.9. The van der Waals surface area contributed by atoms with Crippen molar-refractivity contribution in [2.24, 2.45) is 5.92 Å². The Labute approximate surface area is 168 Å². The molecule has 1 atom stereocenters. The molecule has 29 heavy (non-hydrogen) atoms. The van der Waals surface area contributed by atoms with E-state index in [0.29, 0.717) is 19.4 Å². The van der Waals surface area contributed by atoms with Gasteiger partial charge in [-0.1, -0.05) is 38.1 Å². The van der Waals surface area contributed by atoms with E-state index in [9.17, 15) is 18.4 Å². The molecule has 0 saturated heterocycles. The van der Waals surface area contributed by atoms with Crippen molar-refractivity contribution in [1.29, 1.82) is 0 Å². The van der Waals surface area contributed by atoms with Crippen molar-refractivity contribution in [3.05, 3.63) is 53.6 Å². The molecule has 6 nitrogen and oxygen atoms in total. The number of benzene rings is 1. The summed E-state index contributed by atoms with van der Waals surface area (Å²) in [5.74, 6) is 0.0771. The number of halogens is 2. The van der Waals surface area contributed by atoms with Crippen LogP contribution >= 0.6 is 0 Å². The molecule has 1 aliphatic rings. The van der Waals surface area contributed by atoms with E-state index in [2.05, 4.69) is 10.3 Å². The average Bonchev–Trinajstić information content (AvgIpc) is 3.15. The Morgan fingerprint density at radius 1 is 1.24 bits per heavy atom. The second kappa shape index (κ2) is 9.15. The van der Waals surface area contributed by atoms with Crippen LogP contribution in [0.25, 0.3) is 0 Å². The number of amides is 2. The number of carbonyl (C=O) groups is 2. The summed E-state index contributed by atoms with van der Waals surface area (Å²) in [6.07, 6.45) is 3.53. The summed E-state index contributed by atoms with van der Waals surface area (Å²) in [5.41, 5.74) is 2.10. The van der Waals surface area contributed by atoms with E-state index in [1.165, 1.54) is 12.4 Å². The number of aromatic nitrogens is 2. The van der Waals surface area contributed by atoms with Gasteiger partial charge in [0, 0.05) is 44.7 Å². The van der Waals surface area contributed by atoms with Gasteiger partial charge in [-0.15, -0.1) is 0 Å². The zero-order valence-corrected chi connectivity index (χ0v) is 16.6. The molecule has 3 rings (SSSR count). The van der Waals surface area contributed by atoms with Gasteiger partial charge < -0.3 is 10.2 Å². The maximum Gasteiger partial charge on any atom is 0.319 e. The van der Waals surface area contributed by atoms with Crippen LogP contribution in [0.15, 0.2) is 36.7 Å². The number of carbonyl (C=O) groups excluding carboxylic acids is 2. The normalized spacial score (nSPS) is 16.2. The molecule has 0 spiro atoms. The molecule has 2 amide bonds. The van der Waals surface area contributed by atoms with Crippen molar-refractivity contribution in [2.45, 2.75) is 52.2 Å². The Balaban J connectivity index is 1.68. The second-order valence-electron chi connectivity index (χ2n) is 7.68. The smallest absolute Gasteiger partial charge is 0.319 e. The number of hydrogen-bond donors (Lipinski definition) is 1. The van der Waals surface area contributed by atoms with Gasteiger partial charge in [-0.25, -0.2) is 4.98 Å². The van der Waals surface area contributed by atoms with Crippen LogP contribution in [0.4, 0.5) is 8.78 Å². The lowest BCUT2D eigenvalue weighted by Gasteiger charge is -2.36. The first kappa shape index (κ1) is 21.0. The highest BCUT2D eigenvalue weighted by atomic mass is 19.3. The third kappa shape index (κ3) is 4.99. The lowest BCUT2D eigenvalue weighted by atomic mass is 9.92. The molecule has 1 aromatic carbocycles. The number of rotatable bonds is 7. The van der Waals surface area contributed by atoms with E-state index in [1.807, 2.05) is 38.1 Å². The van der Waals surface area contributed by atoms with Crippen LogP contribution in [-0.4, -0.2) is 38.9 Å². The highest BCUT2D eigenvalue weighted by Crippen LogP contribution is 2.25. The highest BCUT2D eigenvalue weighted by molar-refractivity contribution is 5.88. The molecule has 2 heterocycles. The SMILES string of the molecule is CC(C)CC(=O)N1Cc2ccccc2CC1C(=O)NCCc1nccn1C(F)F. The summed E-state index contributed by atoms with van der Waals surface area (Å²) < 4.78 is 26.6. The average molecular weight is 404 g/mol. The third-order valence-corrected chi connectivity index (χ3v) is 5.06. The van der Waals surface area contributed by atoms with Gasteiger partial charge in [0.15, 0.2) is 0 Å². The number of nitrogens with one attached hydrogen (secondary N) is 1. The summed E-state index contributed by atoms with van der Waals surface area (Å²) >= 11 is 0. The van der Waals surface area contributed by atoms with Crippen molar-refractivity contribution in [3.63, 3.8) is 0 Å². The van der Waals surface area contributed by atoms with E-state index in [4.69, 9.17) is 0 Å². The van der Waals surface area contributed by atoms with Gasteiger partial charge in [0.2, 0.25) is 11.8 Å². The van der Waals surface area contributed by atoms with Crippen LogP contribution in [0.2, 0.25) is 0 Å². The molecule has 1 unspecified atom stereocenters. The summed E-state index contributed by atoms with van der Waals surface area (Å²) in [5, 5.41) is 2.79. The van der Waals surface area contributed by atoms with E-state index in [0.717, 1.165) is 15.7 Å². The Hall–Kier alpha value is -2.77. The predicted octanol–water partition coefficient (Wildman–Crippen LogP) is 2.94. The van der Waals surface area contributed by atoms with Gasteiger partial charge >= 0.3 is 6.55 Å².